The molecule has 1 aromatic heterocycles. The number of carbonyl (C=O) groups is 2. The van der Waals surface area contributed by atoms with Crippen LogP contribution in [0.2, 0.25) is 0 Å². The van der Waals surface area contributed by atoms with Crippen LogP contribution in [0, 0.1) is 6.92 Å². The minimum absolute atomic E-state index is 0.0538. The number of hydrogen-bond donors (Lipinski definition) is 1. The molecule has 26 heavy (non-hydrogen) atoms. The molecule has 0 spiro atoms. The van der Waals surface area contributed by atoms with Gasteiger partial charge in [-0.05, 0) is 30.2 Å². The van der Waals surface area contributed by atoms with Crippen LogP contribution in [-0.4, -0.2) is 37.7 Å². The third-order valence-corrected chi connectivity index (χ3v) is 6.97. The maximum Gasteiger partial charge on any atom is 0.265 e. The summed E-state index contributed by atoms with van der Waals surface area (Å²) in [6.45, 7) is 5.89. The van der Waals surface area contributed by atoms with Gasteiger partial charge in [0.1, 0.15) is 0 Å². The highest BCUT2D eigenvalue weighted by molar-refractivity contribution is 7.89. The van der Waals surface area contributed by atoms with E-state index < -0.39 is 21.9 Å². The highest BCUT2D eigenvalue weighted by Gasteiger charge is 2.24. The van der Waals surface area contributed by atoms with Gasteiger partial charge in [0.15, 0.2) is 0 Å². The van der Waals surface area contributed by atoms with Crippen molar-refractivity contribution in [1.29, 1.82) is 0 Å². The molecule has 2 rings (SSSR count). The van der Waals surface area contributed by atoms with E-state index in [4.69, 9.17) is 0 Å². The molecule has 0 saturated carbocycles. The number of carboxylic acid groups (broad SMARTS) is 1. The molecule has 0 aliphatic rings. The first-order chi connectivity index (χ1) is 12.2. The number of nitrogens with one attached hydrogen (secondary N) is 1. The van der Waals surface area contributed by atoms with Crippen molar-refractivity contribution >= 4 is 38.9 Å². The van der Waals surface area contributed by atoms with Crippen molar-refractivity contribution in [3.8, 4) is 0 Å². The van der Waals surface area contributed by atoms with Gasteiger partial charge < -0.3 is 15.2 Å². The van der Waals surface area contributed by atoms with Crippen molar-refractivity contribution < 1.29 is 23.1 Å². The molecule has 7 nitrogen and oxygen atoms in total. The first-order valence-corrected chi connectivity index (χ1v) is 10.2. The topological polar surface area (TPSA) is 107 Å². The first-order valence-electron chi connectivity index (χ1n) is 7.92. The van der Waals surface area contributed by atoms with Gasteiger partial charge in [-0.3, -0.25) is 4.79 Å². The predicted molar refractivity (Wildman–Crippen MR) is 97.9 cm³/mol. The maximum atomic E-state index is 12.5. The van der Waals surface area contributed by atoms with E-state index in [1.165, 1.54) is 27.9 Å². The van der Waals surface area contributed by atoms with Crippen molar-refractivity contribution in [2.75, 3.05) is 18.4 Å². The smallest absolute Gasteiger partial charge is 0.265 e. The molecule has 1 N–H and O–H groups in total. The van der Waals surface area contributed by atoms with Gasteiger partial charge in [0.05, 0.1) is 15.7 Å². The van der Waals surface area contributed by atoms with Crippen LogP contribution >= 0.6 is 11.3 Å². The van der Waals surface area contributed by atoms with E-state index in [0.717, 1.165) is 11.3 Å². The maximum absolute atomic E-state index is 12.5. The highest BCUT2D eigenvalue weighted by Crippen LogP contribution is 2.24. The van der Waals surface area contributed by atoms with Crippen molar-refractivity contribution in [2.24, 2.45) is 0 Å². The zero-order valence-electron chi connectivity index (χ0n) is 14.6. The van der Waals surface area contributed by atoms with E-state index in [-0.39, 0.29) is 15.3 Å². The number of aryl methyl sites for hydroxylation is 1. The molecular weight excluding hydrogens is 376 g/mol. The molecule has 0 radical (unpaired) electrons. The van der Waals surface area contributed by atoms with Gasteiger partial charge in [0.25, 0.3) is 5.91 Å². The average Bonchev–Trinajstić information content (AvgIpc) is 3.08. The van der Waals surface area contributed by atoms with Crippen molar-refractivity contribution in [1.82, 2.24) is 4.31 Å². The van der Waals surface area contributed by atoms with E-state index in [2.05, 4.69) is 5.32 Å². The lowest BCUT2D eigenvalue weighted by Crippen LogP contribution is -2.30. The number of amides is 1. The molecule has 0 fully saturated rings. The number of nitrogens with zero attached hydrogens (tertiary/aromatic N) is 1. The summed E-state index contributed by atoms with van der Waals surface area (Å²) in [5.41, 5.74) is 0.955. The molecule has 0 unspecified atom stereocenters. The second kappa shape index (κ2) is 7.98. The summed E-state index contributed by atoms with van der Waals surface area (Å²) < 4.78 is 26.3. The third kappa shape index (κ3) is 4.12. The number of carboxylic acids is 1. The second-order valence-corrected chi connectivity index (χ2v) is 8.36. The number of thiophene rings is 1. The van der Waals surface area contributed by atoms with Crippen LogP contribution in [0.4, 0.5) is 5.69 Å². The SMILES string of the molecule is CCN(CC)S(=O)(=O)c1csc(C(=O)Nc2cc(C(=O)[O-])ccc2C)c1. The molecule has 9 heteroatoms. The lowest BCUT2D eigenvalue weighted by molar-refractivity contribution is -0.255. The molecule has 0 bridgehead atoms. The van der Waals surface area contributed by atoms with E-state index in [0.29, 0.717) is 24.3 Å². The number of sulfonamides is 1. The number of rotatable bonds is 7. The minimum Gasteiger partial charge on any atom is -0.545 e. The van der Waals surface area contributed by atoms with E-state index in [9.17, 15) is 23.1 Å². The zero-order chi connectivity index (χ0) is 19.5. The quantitative estimate of drug-likeness (QED) is 0.768. The van der Waals surface area contributed by atoms with Gasteiger partial charge in [-0.2, -0.15) is 4.31 Å². The Bertz CT molecular complexity index is 930. The molecule has 0 atom stereocenters. The number of anilines is 1. The molecular formula is C17H19N2O5S2-. The fraction of sp³-hybridized carbons (Fsp3) is 0.294. The van der Waals surface area contributed by atoms with Crippen LogP contribution in [-0.2, 0) is 10.0 Å². The van der Waals surface area contributed by atoms with Gasteiger partial charge in [-0.15, -0.1) is 11.3 Å². The summed E-state index contributed by atoms with van der Waals surface area (Å²) in [6.07, 6.45) is 0. The Balaban J connectivity index is 2.26. The number of benzene rings is 1. The molecule has 0 aliphatic heterocycles. The van der Waals surface area contributed by atoms with Gasteiger partial charge in [0, 0.05) is 24.2 Å². The normalized spacial score (nSPS) is 11.5. The standard InChI is InChI=1S/C17H20N2O5S2/c1-4-19(5-2)26(23,24)13-9-15(25-10-13)16(20)18-14-8-12(17(21)22)7-6-11(14)3/h6-10H,4-5H2,1-3H3,(H,18,20)(H,21,22)/p-1. The number of aromatic carboxylic acids is 1. The van der Waals surface area contributed by atoms with Gasteiger partial charge >= 0.3 is 0 Å². The largest absolute Gasteiger partial charge is 0.545 e. The summed E-state index contributed by atoms with van der Waals surface area (Å²) in [4.78, 5) is 23.7. The van der Waals surface area contributed by atoms with Crippen molar-refractivity contribution in [3.05, 3.63) is 45.6 Å². The second-order valence-electron chi connectivity index (χ2n) is 5.51. The fourth-order valence-corrected chi connectivity index (χ4v) is 4.97. The summed E-state index contributed by atoms with van der Waals surface area (Å²) in [6, 6.07) is 5.58. The molecule has 1 aromatic carbocycles. The van der Waals surface area contributed by atoms with Crippen molar-refractivity contribution in [3.63, 3.8) is 0 Å². The molecule has 140 valence electrons. The van der Waals surface area contributed by atoms with Crippen LogP contribution in [0.25, 0.3) is 0 Å². The fourth-order valence-electron chi connectivity index (χ4n) is 2.35. The Kier molecular flexibility index (Phi) is 6.17. The molecule has 0 saturated heterocycles. The number of hydrogen-bond acceptors (Lipinski definition) is 6. The lowest BCUT2D eigenvalue weighted by atomic mass is 10.1. The molecule has 1 amide bonds. The number of carbonyl (C=O) groups excluding carboxylic acids is 2. The van der Waals surface area contributed by atoms with E-state index >= 15 is 0 Å². The Morgan fingerprint density at radius 3 is 2.42 bits per heavy atom. The van der Waals surface area contributed by atoms with E-state index in [1.807, 2.05) is 0 Å². The third-order valence-electron chi connectivity index (χ3n) is 3.86. The average molecular weight is 395 g/mol. The monoisotopic (exact) mass is 395 g/mol. The minimum atomic E-state index is -3.64. The predicted octanol–water partition coefficient (Wildman–Crippen LogP) is 1.70. The molecule has 0 aliphatic carbocycles. The highest BCUT2D eigenvalue weighted by atomic mass is 32.2. The van der Waals surface area contributed by atoms with Crippen LogP contribution in [0.1, 0.15) is 39.4 Å². The van der Waals surface area contributed by atoms with Crippen LogP contribution in [0.3, 0.4) is 0 Å². The Labute approximate surface area is 156 Å². The van der Waals surface area contributed by atoms with Crippen LogP contribution in [0.15, 0.2) is 34.5 Å². The lowest BCUT2D eigenvalue weighted by Gasteiger charge is -2.17. The van der Waals surface area contributed by atoms with Crippen LogP contribution < -0.4 is 10.4 Å². The molecule has 1 heterocycles. The van der Waals surface area contributed by atoms with Gasteiger partial charge in [0.2, 0.25) is 10.0 Å². The summed E-state index contributed by atoms with van der Waals surface area (Å²) in [5, 5.41) is 15.0. The van der Waals surface area contributed by atoms with Gasteiger partial charge in [-0.1, -0.05) is 26.0 Å². The first kappa shape index (κ1) is 20.1. The Hall–Kier alpha value is -2.23. The summed E-state index contributed by atoms with van der Waals surface area (Å²) >= 11 is 1.01. The van der Waals surface area contributed by atoms with Crippen LogP contribution in [0.5, 0.6) is 0 Å². The Morgan fingerprint density at radius 1 is 1.19 bits per heavy atom. The summed E-state index contributed by atoms with van der Waals surface area (Å²) in [7, 11) is -3.64. The van der Waals surface area contributed by atoms with Gasteiger partial charge in [-0.25, -0.2) is 8.42 Å². The molecule has 2 aromatic rings. The Morgan fingerprint density at radius 2 is 1.85 bits per heavy atom. The summed E-state index contributed by atoms with van der Waals surface area (Å²) in [5.74, 6) is -1.85. The zero-order valence-corrected chi connectivity index (χ0v) is 16.2. The van der Waals surface area contributed by atoms with Crippen molar-refractivity contribution in [2.45, 2.75) is 25.7 Å². The van der Waals surface area contributed by atoms with E-state index in [1.54, 1.807) is 26.8 Å².